The lowest BCUT2D eigenvalue weighted by Crippen LogP contribution is -2.37. The Labute approximate surface area is 115 Å². The van der Waals surface area contributed by atoms with E-state index in [4.69, 9.17) is 5.11 Å². The fourth-order valence-corrected chi connectivity index (χ4v) is 2.61. The van der Waals surface area contributed by atoms with Crippen molar-refractivity contribution in [3.05, 3.63) is 35.9 Å². The van der Waals surface area contributed by atoms with Crippen molar-refractivity contribution < 1.29 is 9.90 Å². The van der Waals surface area contributed by atoms with E-state index >= 15 is 0 Å². The van der Waals surface area contributed by atoms with E-state index in [9.17, 15) is 4.79 Å². The molecule has 0 heterocycles. The van der Waals surface area contributed by atoms with E-state index in [0.29, 0.717) is 0 Å². The molecule has 0 spiro atoms. The quantitative estimate of drug-likeness (QED) is 0.765. The summed E-state index contributed by atoms with van der Waals surface area (Å²) in [4.78, 5) is 14.4. The fourth-order valence-electron chi connectivity index (χ4n) is 2.61. The maximum Gasteiger partial charge on any atom is 0.232 e. The molecule has 1 aliphatic rings. The smallest absolute Gasteiger partial charge is 0.232 e. The summed E-state index contributed by atoms with van der Waals surface area (Å²) < 4.78 is 0. The first-order valence-electron chi connectivity index (χ1n) is 7.13. The molecule has 0 saturated heterocycles. The number of hydrogen-bond acceptors (Lipinski definition) is 2. The van der Waals surface area contributed by atoms with Crippen LogP contribution in [0.2, 0.25) is 0 Å². The number of carbonyl (C=O) groups excluding carboxylic acids is 1. The van der Waals surface area contributed by atoms with Gasteiger partial charge in [0.2, 0.25) is 5.91 Å². The molecule has 0 unspecified atom stereocenters. The van der Waals surface area contributed by atoms with Gasteiger partial charge in [0.1, 0.15) is 0 Å². The lowest BCUT2D eigenvalue weighted by molar-refractivity contribution is -0.132. The summed E-state index contributed by atoms with van der Waals surface area (Å²) >= 11 is 0. The first-order valence-corrected chi connectivity index (χ1v) is 7.13. The molecule has 1 N–H and O–H groups in total. The van der Waals surface area contributed by atoms with Crippen LogP contribution < -0.4 is 0 Å². The summed E-state index contributed by atoms with van der Waals surface area (Å²) in [7, 11) is 1.89. The summed E-state index contributed by atoms with van der Waals surface area (Å²) in [6, 6.07) is 10.1. The normalized spacial score (nSPS) is 16.1. The van der Waals surface area contributed by atoms with Gasteiger partial charge in [-0.3, -0.25) is 4.79 Å². The van der Waals surface area contributed by atoms with Crippen LogP contribution in [0.5, 0.6) is 0 Å². The topological polar surface area (TPSA) is 40.5 Å². The van der Waals surface area contributed by atoms with E-state index in [0.717, 1.165) is 44.2 Å². The van der Waals surface area contributed by atoms with Crippen LogP contribution in [0, 0.1) is 0 Å². The summed E-state index contributed by atoms with van der Waals surface area (Å²) in [5.74, 6) is 0.252. The summed E-state index contributed by atoms with van der Waals surface area (Å²) in [6.07, 6.45) is 4.71. The number of rotatable bonds is 7. The van der Waals surface area contributed by atoms with Gasteiger partial charge in [-0.1, -0.05) is 30.3 Å². The third kappa shape index (κ3) is 3.16. The van der Waals surface area contributed by atoms with Gasteiger partial charge in [0.25, 0.3) is 0 Å². The van der Waals surface area contributed by atoms with E-state index in [2.05, 4.69) is 12.1 Å². The second-order valence-electron chi connectivity index (χ2n) is 5.46. The molecule has 0 radical (unpaired) electrons. The van der Waals surface area contributed by atoms with Crippen LogP contribution in [0.4, 0.5) is 0 Å². The zero-order chi connectivity index (χ0) is 13.7. The predicted octanol–water partition coefficient (Wildman–Crippen LogP) is 2.34. The second-order valence-corrected chi connectivity index (χ2v) is 5.46. The Bertz CT molecular complexity index is 412. The number of aliphatic hydroxyl groups is 1. The minimum absolute atomic E-state index is 0.242. The number of carbonyl (C=O) groups is 1. The average molecular weight is 261 g/mol. The minimum Gasteiger partial charge on any atom is -0.396 e. The molecule has 1 saturated carbocycles. The molecule has 1 aromatic carbocycles. The first-order chi connectivity index (χ1) is 9.20. The van der Waals surface area contributed by atoms with Crippen molar-refractivity contribution in [1.29, 1.82) is 0 Å². The highest BCUT2D eigenvalue weighted by atomic mass is 16.2. The Kier molecular flexibility index (Phi) is 4.59. The van der Waals surface area contributed by atoms with E-state index in [1.54, 1.807) is 0 Å². The van der Waals surface area contributed by atoms with E-state index < -0.39 is 0 Å². The summed E-state index contributed by atoms with van der Waals surface area (Å²) in [6.45, 7) is 1.03. The molecule has 1 aliphatic carbocycles. The van der Waals surface area contributed by atoms with Crippen molar-refractivity contribution in [3.63, 3.8) is 0 Å². The number of nitrogens with zero attached hydrogens (tertiary/aromatic N) is 1. The third-order valence-electron chi connectivity index (χ3n) is 3.98. The molecule has 1 fully saturated rings. The van der Waals surface area contributed by atoms with Crippen molar-refractivity contribution in [3.8, 4) is 0 Å². The van der Waals surface area contributed by atoms with Crippen molar-refractivity contribution >= 4 is 5.91 Å². The number of amides is 1. The molecular formula is C16H23NO2. The SMILES string of the molecule is CN(CCCCCO)C(=O)C1(c2ccccc2)CC1. The van der Waals surface area contributed by atoms with E-state index in [1.807, 2.05) is 30.1 Å². The molecule has 104 valence electrons. The molecule has 1 amide bonds. The number of benzene rings is 1. The van der Waals surface area contributed by atoms with Gasteiger partial charge in [-0.25, -0.2) is 0 Å². The van der Waals surface area contributed by atoms with Crippen LogP contribution in [0.25, 0.3) is 0 Å². The lowest BCUT2D eigenvalue weighted by Gasteiger charge is -2.24. The highest BCUT2D eigenvalue weighted by Gasteiger charge is 2.52. The van der Waals surface area contributed by atoms with Gasteiger partial charge in [0, 0.05) is 20.2 Å². The van der Waals surface area contributed by atoms with Crippen molar-refractivity contribution in [2.75, 3.05) is 20.2 Å². The molecule has 0 aliphatic heterocycles. The number of unbranched alkanes of at least 4 members (excludes halogenated alkanes) is 2. The molecule has 0 atom stereocenters. The van der Waals surface area contributed by atoms with Crippen molar-refractivity contribution in [1.82, 2.24) is 4.90 Å². The van der Waals surface area contributed by atoms with Gasteiger partial charge in [-0.2, -0.15) is 0 Å². The summed E-state index contributed by atoms with van der Waals surface area (Å²) in [5, 5.41) is 8.75. The first kappa shape index (κ1) is 14.1. The molecule has 19 heavy (non-hydrogen) atoms. The van der Waals surface area contributed by atoms with Crippen molar-refractivity contribution in [2.24, 2.45) is 0 Å². The second kappa shape index (κ2) is 6.20. The predicted molar refractivity (Wildman–Crippen MR) is 75.9 cm³/mol. The fraction of sp³-hybridized carbons (Fsp3) is 0.562. The Morgan fingerprint density at radius 2 is 1.89 bits per heavy atom. The minimum atomic E-state index is -0.243. The maximum absolute atomic E-state index is 12.6. The molecule has 3 nitrogen and oxygen atoms in total. The zero-order valence-electron chi connectivity index (χ0n) is 11.6. The standard InChI is InChI=1S/C16H23NO2/c1-17(12-6-3-7-13-18)15(19)16(10-11-16)14-8-4-2-5-9-14/h2,4-5,8-9,18H,3,6-7,10-13H2,1H3. The van der Waals surface area contributed by atoms with Crippen LogP contribution in [0.1, 0.15) is 37.7 Å². The largest absolute Gasteiger partial charge is 0.396 e. The van der Waals surface area contributed by atoms with Crippen molar-refractivity contribution in [2.45, 2.75) is 37.5 Å². The molecule has 3 heteroatoms. The number of likely N-dealkylation sites (N-methyl/N-ethyl adjacent to an activating group) is 1. The Morgan fingerprint density at radius 1 is 1.21 bits per heavy atom. The highest BCUT2D eigenvalue weighted by molar-refractivity contribution is 5.91. The van der Waals surface area contributed by atoms with Gasteiger partial charge in [-0.05, 0) is 37.7 Å². The summed E-state index contributed by atoms with van der Waals surface area (Å²) in [5.41, 5.74) is 0.912. The Hall–Kier alpha value is -1.35. The van der Waals surface area contributed by atoms with Gasteiger partial charge in [0.15, 0.2) is 0 Å². The van der Waals surface area contributed by atoms with Gasteiger partial charge in [0.05, 0.1) is 5.41 Å². The van der Waals surface area contributed by atoms with Crippen LogP contribution in [0.15, 0.2) is 30.3 Å². The molecule has 1 aromatic rings. The maximum atomic E-state index is 12.6. The van der Waals surface area contributed by atoms with Crippen LogP contribution in [-0.4, -0.2) is 36.1 Å². The number of hydrogen-bond donors (Lipinski definition) is 1. The Morgan fingerprint density at radius 3 is 2.47 bits per heavy atom. The lowest BCUT2D eigenvalue weighted by atomic mass is 9.94. The molecule has 0 aromatic heterocycles. The number of aliphatic hydroxyl groups excluding tert-OH is 1. The highest BCUT2D eigenvalue weighted by Crippen LogP contribution is 2.49. The van der Waals surface area contributed by atoms with Crippen LogP contribution >= 0.6 is 0 Å². The van der Waals surface area contributed by atoms with Gasteiger partial charge >= 0.3 is 0 Å². The molecule has 2 rings (SSSR count). The van der Waals surface area contributed by atoms with E-state index in [1.165, 1.54) is 0 Å². The third-order valence-corrected chi connectivity index (χ3v) is 3.98. The zero-order valence-corrected chi connectivity index (χ0v) is 11.6. The Balaban J connectivity index is 1.92. The average Bonchev–Trinajstić information content (AvgIpc) is 3.25. The van der Waals surface area contributed by atoms with Gasteiger partial charge < -0.3 is 10.0 Å². The molecule has 0 bridgehead atoms. The van der Waals surface area contributed by atoms with Crippen LogP contribution in [-0.2, 0) is 10.2 Å². The van der Waals surface area contributed by atoms with Gasteiger partial charge in [-0.15, -0.1) is 0 Å². The van der Waals surface area contributed by atoms with E-state index in [-0.39, 0.29) is 17.9 Å². The molecular weight excluding hydrogens is 238 g/mol. The van der Waals surface area contributed by atoms with Crippen LogP contribution in [0.3, 0.4) is 0 Å². The monoisotopic (exact) mass is 261 g/mol.